The molecule has 0 radical (unpaired) electrons. The molecule has 0 aliphatic rings. The van der Waals surface area contributed by atoms with Gasteiger partial charge in [0.05, 0.1) is 9.88 Å². The number of thiazole rings is 1. The molecule has 2 N–H and O–H groups in total. The molecule has 4 heteroatoms. The maximum Gasteiger partial charge on any atom is 0.124 e. The van der Waals surface area contributed by atoms with Crippen molar-refractivity contribution in [1.82, 2.24) is 4.98 Å². The third-order valence-electron chi connectivity index (χ3n) is 2.51. The Morgan fingerprint density at radius 2 is 2.28 bits per heavy atom. The quantitative estimate of drug-likeness (QED) is 0.901. The van der Waals surface area contributed by atoms with E-state index >= 15 is 0 Å². The van der Waals surface area contributed by atoms with Crippen LogP contribution >= 0.6 is 11.3 Å². The summed E-state index contributed by atoms with van der Waals surface area (Å²) >= 11 is 1.67. The van der Waals surface area contributed by atoms with Gasteiger partial charge in [0.2, 0.25) is 0 Å². The Morgan fingerprint density at radius 1 is 1.44 bits per heavy atom. The maximum atomic E-state index is 5.79. The minimum Gasteiger partial charge on any atom is -0.488 e. The first-order valence-electron chi connectivity index (χ1n) is 6.02. The molecule has 96 valence electrons. The summed E-state index contributed by atoms with van der Waals surface area (Å²) in [4.78, 5) is 5.35. The third kappa shape index (κ3) is 3.82. The normalized spacial score (nSPS) is 12.4. The summed E-state index contributed by atoms with van der Waals surface area (Å²) in [5, 5.41) is 1.07. The van der Waals surface area contributed by atoms with Crippen LogP contribution in [0.3, 0.4) is 0 Å². The lowest BCUT2D eigenvalue weighted by Crippen LogP contribution is -2.17. The van der Waals surface area contributed by atoms with Crippen LogP contribution in [0.4, 0.5) is 0 Å². The molecule has 0 aliphatic heterocycles. The van der Waals surface area contributed by atoms with E-state index in [0.29, 0.717) is 6.61 Å². The molecule has 0 saturated carbocycles. The van der Waals surface area contributed by atoms with Gasteiger partial charge in [-0.2, -0.15) is 0 Å². The number of aryl methyl sites for hydroxylation is 1. The van der Waals surface area contributed by atoms with E-state index in [-0.39, 0.29) is 6.04 Å². The number of benzene rings is 1. The third-order valence-corrected chi connectivity index (χ3v) is 3.39. The molecule has 1 aromatic carbocycles. The molecule has 3 nitrogen and oxygen atoms in total. The fourth-order valence-electron chi connectivity index (χ4n) is 1.76. The second-order valence-corrected chi connectivity index (χ2v) is 5.78. The molecule has 0 aliphatic carbocycles. The lowest BCUT2D eigenvalue weighted by Gasteiger charge is -2.08. The second kappa shape index (κ2) is 5.98. The molecule has 1 unspecified atom stereocenters. The first-order chi connectivity index (χ1) is 8.63. The average molecular weight is 262 g/mol. The lowest BCUT2D eigenvalue weighted by molar-refractivity contribution is 0.309. The summed E-state index contributed by atoms with van der Waals surface area (Å²) in [5.74, 6) is 0.888. The van der Waals surface area contributed by atoms with Crippen LogP contribution in [-0.2, 0) is 13.0 Å². The Balaban J connectivity index is 1.96. The second-order valence-electron chi connectivity index (χ2n) is 4.46. The summed E-state index contributed by atoms with van der Waals surface area (Å²) in [6.45, 7) is 4.58. The van der Waals surface area contributed by atoms with Gasteiger partial charge in [-0.05, 0) is 38.0 Å². The van der Waals surface area contributed by atoms with Gasteiger partial charge in [0, 0.05) is 12.2 Å². The molecule has 1 aromatic heterocycles. The van der Waals surface area contributed by atoms with Crippen LogP contribution in [0.1, 0.15) is 22.4 Å². The van der Waals surface area contributed by atoms with Crippen molar-refractivity contribution < 1.29 is 4.74 Å². The number of rotatable bonds is 5. The zero-order chi connectivity index (χ0) is 13.0. The van der Waals surface area contributed by atoms with Crippen LogP contribution in [0, 0.1) is 6.92 Å². The number of aromatic nitrogens is 1. The number of hydrogen-bond donors (Lipinski definition) is 1. The molecule has 0 spiro atoms. The molecule has 1 heterocycles. The van der Waals surface area contributed by atoms with Crippen LogP contribution in [0.2, 0.25) is 0 Å². The number of ether oxygens (including phenoxy) is 1. The summed E-state index contributed by atoms with van der Waals surface area (Å²) in [6.07, 6.45) is 2.74. The Kier molecular flexibility index (Phi) is 4.33. The van der Waals surface area contributed by atoms with Crippen LogP contribution in [0.5, 0.6) is 5.75 Å². The van der Waals surface area contributed by atoms with Gasteiger partial charge in [-0.25, -0.2) is 4.98 Å². The molecule has 2 rings (SSSR count). The highest BCUT2D eigenvalue weighted by Crippen LogP contribution is 2.18. The fourth-order valence-corrected chi connectivity index (χ4v) is 2.47. The SMILES string of the molecule is Cc1ncc(COc2cccc(CC(C)N)c2)s1. The number of hydrogen-bond acceptors (Lipinski definition) is 4. The van der Waals surface area contributed by atoms with E-state index in [9.17, 15) is 0 Å². The lowest BCUT2D eigenvalue weighted by atomic mass is 10.1. The highest BCUT2D eigenvalue weighted by molar-refractivity contribution is 7.11. The topological polar surface area (TPSA) is 48.1 Å². The molecular weight excluding hydrogens is 244 g/mol. The van der Waals surface area contributed by atoms with Crippen molar-refractivity contribution in [2.45, 2.75) is 32.9 Å². The summed E-state index contributed by atoms with van der Waals surface area (Å²) in [6, 6.07) is 8.28. The van der Waals surface area contributed by atoms with Crippen molar-refractivity contribution in [3.63, 3.8) is 0 Å². The minimum absolute atomic E-state index is 0.171. The molecular formula is C14H18N2OS. The van der Waals surface area contributed by atoms with Crippen LogP contribution in [0.15, 0.2) is 30.5 Å². The predicted octanol–water partition coefficient (Wildman–Crippen LogP) is 2.92. The van der Waals surface area contributed by atoms with Gasteiger partial charge in [0.1, 0.15) is 12.4 Å². The van der Waals surface area contributed by atoms with Gasteiger partial charge < -0.3 is 10.5 Å². The first kappa shape index (κ1) is 13.1. The Bertz CT molecular complexity index is 508. The smallest absolute Gasteiger partial charge is 0.124 e. The molecule has 0 saturated heterocycles. The first-order valence-corrected chi connectivity index (χ1v) is 6.84. The van der Waals surface area contributed by atoms with Crippen molar-refractivity contribution in [3.05, 3.63) is 45.9 Å². The Labute approximate surface area is 112 Å². The molecule has 0 amide bonds. The van der Waals surface area contributed by atoms with Gasteiger partial charge in [-0.1, -0.05) is 12.1 Å². The van der Waals surface area contributed by atoms with Gasteiger partial charge in [-0.15, -0.1) is 11.3 Å². The van der Waals surface area contributed by atoms with Crippen molar-refractivity contribution in [2.24, 2.45) is 5.73 Å². The summed E-state index contributed by atoms with van der Waals surface area (Å²) < 4.78 is 5.76. The minimum atomic E-state index is 0.171. The van der Waals surface area contributed by atoms with Gasteiger partial charge >= 0.3 is 0 Å². The summed E-state index contributed by atoms with van der Waals surface area (Å²) in [7, 11) is 0. The van der Waals surface area contributed by atoms with Crippen molar-refractivity contribution in [2.75, 3.05) is 0 Å². The van der Waals surface area contributed by atoms with E-state index in [0.717, 1.165) is 22.1 Å². The van der Waals surface area contributed by atoms with Crippen molar-refractivity contribution in [1.29, 1.82) is 0 Å². The van der Waals surface area contributed by atoms with E-state index in [1.807, 2.05) is 32.2 Å². The Hall–Kier alpha value is -1.39. The highest BCUT2D eigenvalue weighted by atomic mass is 32.1. The van der Waals surface area contributed by atoms with E-state index in [1.54, 1.807) is 11.3 Å². The number of nitrogens with two attached hydrogens (primary N) is 1. The fraction of sp³-hybridized carbons (Fsp3) is 0.357. The van der Waals surface area contributed by atoms with Crippen molar-refractivity contribution >= 4 is 11.3 Å². The Morgan fingerprint density at radius 3 is 2.94 bits per heavy atom. The predicted molar refractivity (Wildman–Crippen MR) is 75.0 cm³/mol. The zero-order valence-corrected chi connectivity index (χ0v) is 11.5. The van der Waals surface area contributed by atoms with Crippen molar-refractivity contribution in [3.8, 4) is 5.75 Å². The van der Waals surface area contributed by atoms with Crippen LogP contribution in [0.25, 0.3) is 0 Å². The van der Waals surface area contributed by atoms with E-state index in [1.165, 1.54) is 5.56 Å². The monoisotopic (exact) mass is 262 g/mol. The molecule has 2 aromatic rings. The molecule has 18 heavy (non-hydrogen) atoms. The highest BCUT2D eigenvalue weighted by Gasteiger charge is 2.02. The van der Waals surface area contributed by atoms with Crippen LogP contribution < -0.4 is 10.5 Å². The molecule has 1 atom stereocenters. The van der Waals surface area contributed by atoms with E-state index in [4.69, 9.17) is 10.5 Å². The average Bonchev–Trinajstić information content (AvgIpc) is 2.72. The van der Waals surface area contributed by atoms with E-state index in [2.05, 4.69) is 17.1 Å². The zero-order valence-electron chi connectivity index (χ0n) is 10.7. The molecule has 0 bridgehead atoms. The van der Waals surface area contributed by atoms with E-state index < -0.39 is 0 Å². The molecule has 0 fully saturated rings. The standard InChI is InChI=1S/C14H18N2OS/c1-10(15)6-12-4-3-5-13(7-12)17-9-14-8-16-11(2)18-14/h3-5,7-8,10H,6,9,15H2,1-2H3. The largest absolute Gasteiger partial charge is 0.488 e. The number of nitrogens with zero attached hydrogens (tertiary/aromatic N) is 1. The maximum absolute atomic E-state index is 5.79. The summed E-state index contributed by atoms with van der Waals surface area (Å²) in [5.41, 5.74) is 7.01. The van der Waals surface area contributed by atoms with Gasteiger partial charge in [0.15, 0.2) is 0 Å². The van der Waals surface area contributed by atoms with Gasteiger partial charge in [-0.3, -0.25) is 0 Å². The van der Waals surface area contributed by atoms with Gasteiger partial charge in [0.25, 0.3) is 0 Å². The van der Waals surface area contributed by atoms with Crippen LogP contribution in [-0.4, -0.2) is 11.0 Å².